The molecule has 0 unspecified atom stereocenters. The second-order valence-electron chi connectivity index (χ2n) is 7.74. The topological polar surface area (TPSA) is 37.8 Å². The second-order valence-corrected chi connectivity index (χ2v) is 13.7. The van der Waals surface area contributed by atoms with Crippen molar-refractivity contribution in [2.75, 3.05) is 5.32 Å². The van der Waals surface area contributed by atoms with Crippen LogP contribution in [0.4, 0.5) is 5.82 Å². The van der Waals surface area contributed by atoms with Crippen LogP contribution in [0.25, 0.3) is 0 Å². The van der Waals surface area contributed by atoms with Crippen molar-refractivity contribution in [3.8, 4) is 0 Å². The van der Waals surface area contributed by atoms with Gasteiger partial charge in [-0.3, -0.25) is 0 Å². The highest BCUT2D eigenvalue weighted by atomic mass is 79.9. The van der Waals surface area contributed by atoms with E-state index in [1.165, 1.54) is 44.9 Å². The summed E-state index contributed by atoms with van der Waals surface area (Å²) < 4.78 is 1.05. The Kier molecular flexibility index (Phi) is 5.78. The minimum Gasteiger partial charge on any atom is -0.366 e. The van der Waals surface area contributed by atoms with Gasteiger partial charge in [0.05, 0.1) is 18.2 Å². The van der Waals surface area contributed by atoms with Gasteiger partial charge < -0.3 is 5.32 Å². The highest BCUT2D eigenvalue weighted by molar-refractivity contribution is 9.10. The number of anilines is 1. The zero-order valence-electron chi connectivity index (χ0n) is 14.6. The van der Waals surface area contributed by atoms with Crippen LogP contribution in [-0.4, -0.2) is 24.1 Å². The van der Waals surface area contributed by atoms with E-state index >= 15 is 0 Å². The van der Waals surface area contributed by atoms with Gasteiger partial charge in [-0.15, -0.1) is 0 Å². The Morgan fingerprint density at radius 2 is 1.83 bits per heavy atom. The molecular weight excluding hydrogens is 366 g/mol. The Balaban J connectivity index is 1.57. The monoisotopic (exact) mass is 395 g/mol. The highest BCUT2D eigenvalue weighted by Gasteiger charge is 2.39. The molecule has 1 N–H and O–H groups in total. The van der Waals surface area contributed by atoms with E-state index in [2.05, 4.69) is 44.7 Å². The summed E-state index contributed by atoms with van der Waals surface area (Å²) in [7, 11) is -0.946. The van der Waals surface area contributed by atoms with Crippen LogP contribution in [0.1, 0.15) is 57.6 Å². The van der Waals surface area contributed by atoms with Crippen LogP contribution in [0.2, 0.25) is 24.2 Å². The van der Waals surface area contributed by atoms with Crippen molar-refractivity contribution in [2.45, 2.75) is 88.5 Å². The average molecular weight is 396 g/mol. The molecule has 1 aliphatic heterocycles. The van der Waals surface area contributed by atoms with Gasteiger partial charge in [0.2, 0.25) is 0 Å². The predicted molar refractivity (Wildman–Crippen MR) is 104 cm³/mol. The van der Waals surface area contributed by atoms with Crippen molar-refractivity contribution in [1.29, 1.82) is 0 Å². The minimum absolute atomic E-state index is 0.586. The molecule has 2 heterocycles. The van der Waals surface area contributed by atoms with Gasteiger partial charge in [0.15, 0.2) is 0 Å². The normalized spacial score (nSPS) is 27.6. The van der Waals surface area contributed by atoms with Crippen LogP contribution in [0.5, 0.6) is 0 Å². The number of rotatable bonds is 4. The van der Waals surface area contributed by atoms with E-state index in [1.54, 1.807) is 18.4 Å². The smallest absolute Gasteiger partial charge is 0.144 e. The lowest BCUT2D eigenvalue weighted by atomic mass is 9.95. The number of hydrogen-bond donors (Lipinski definition) is 1. The van der Waals surface area contributed by atoms with Crippen LogP contribution in [0.3, 0.4) is 0 Å². The van der Waals surface area contributed by atoms with E-state index in [9.17, 15) is 0 Å². The van der Waals surface area contributed by atoms with Crippen molar-refractivity contribution in [2.24, 2.45) is 0 Å². The van der Waals surface area contributed by atoms with Crippen LogP contribution >= 0.6 is 15.9 Å². The van der Waals surface area contributed by atoms with Crippen molar-refractivity contribution in [3.05, 3.63) is 16.5 Å². The van der Waals surface area contributed by atoms with Gasteiger partial charge in [0, 0.05) is 6.04 Å². The van der Waals surface area contributed by atoms with Crippen molar-refractivity contribution in [1.82, 2.24) is 9.97 Å². The molecule has 1 saturated carbocycles. The Bertz CT molecular complexity index is 523. The molecule has 5 heteroatoms. The second kappa shape index (κ2) is 7.64. The number of aryl methyl sites for hydroxylation is 1. The summed E-state index contributed by atoms with van der Waals surface area (Å²) in [5.41, 5.74) is 2.17. The summed E-state index contributed by atoms with van der Waals surface area (Å²) in [6, 6.07) is 3.77. The van der Waals surface area contributed by atoms with E-state index in [0.717, 1.165) is 27.9 Å². The molecule has 23 heavy (non-hydrogen) atoms. The maximum atomic E-state index is 4.44. The summed E-state index contributed by atoms with van der Waals surface area (Å²) in [6.07, 6.45) is 12.6. The van der Waals surface area contributed by atoms with Crippen molar-refractivity contribution in [3.63, 3.8) is 0 Å². The van der Waals surface area contributed by atoms with E-state index in [-0.39, 0.29) is 0 Å². The zero-order valence-corrected chi connectivity index (χ0v) is 17.2. The van der Waals surface area contributed by atoms with Gasteiger partial charge >= 0.3 is 0 Å². The van der Waals surface area contributed by atoms with Gasteiger partial charge in [0.25, 0.3) is 0 Å². The maximum Gasteiger partial charge on any atom is 0.144 e. The van der Waals surface area contributed by atoms with Crippen molar-refractivity contribution < 1.29 is 0 Å². The Morgan fingerprint density at radius 1 is 1.13 bits per heavy atom. The lowest BCUT2D eigenvalue weighted by Crippen LogP contribution is -2.41. The number of nitrogens with zero attached hydrogens (tertiary/aromatic N) is 2. The van der Waals surface area contributed by atoms with Gasteiger partial charge in [-0.1, -0.05) is 57.7 Å². The molecule has 1 saturated heterocycles. The van der Waals surface area contributed by atoms with Gasteiger partial charge in [-0.2, -0.15) is 0 Å². The molecule has 128 valence electrons. The fourth-order valence-electron chi connectivity index (χ4n) is 4.65. The lowest BCUT2D eigenvalue weighted by molar-refractivity contribution is 0.446. The molecule has 0 atom stereocenters. The molecule has 2 fully saturated rings. The minimum atomic E-state index is -0.946. The Morgan fingerprint density at radius 3 is 2.48 bits per heavy atom. The van der Waals surface area contributed by atoms with Crippen LogP contribution in [-0.2, 0) is 6.42 Å². The summed E-state index contributed by atoms with van der Waals surface area (Å²) in [5.74, 6) is 0.987. The number of hydrogen-bond acceptors (Lipinski definition) is 3. The standard InChI is InChI=1S/C18H30BrN3Si/c1-3-16-17(19)18(21-13-20-16)22-14-7-9-15(10-8-14)23(2)11-5-4-6-12-23/h13-15H,3-12H2,1-2H3,(H,20,21,22). The van der Waals surface area contributed by atoms with E-state index in [0.29, 0.717) is 6.04 Å². The SMILES string of the molecule is CCc1ncnc(NC2CCC([Si]3(C)CCCCC3)CC2)c1Br. The average Bonchev–Trinajstić information content (AvgIpc) is 2.58. The molecule has 1 aliphatic carbocycles. The lowest BCUT2D eigenvalue weighted by Gasteiger charge is -2.42. The summed E-state index contributed by atoms with van der Waals surface area (Å²) in [5, 5.41) is 3.68. The number of halogens is 1. The third-order valence-corrected chi connectivity index (χ3v) is 12.6. The Hall–Kier alpha value is -0.423. The molecule has 1 aromatic rings. The molecule has 2 aliphatic rings. The first-order valence-electron chi connectivity index (χ1n) is 9.38. The van der Waals surface area contributed by atoms with Crippen LogP contribution in [0.15, 0.2) is 10.8 Å². The first kappa shape index (κ1) is 17.4. The van der Waals surface area contributed by atoms with E-state index in [1.807, 2.05) is 0 Å². The van der Waals surface area contributed by atoms with E-state index < -0.39 is 8.07 Å². The fourth-order valence-corrected chi connectivity index (χ4v) is 10.2. The quantitative estimate of drug-likeness (QED) is 0.655. The molecule has 0 amide bonds. The van der Waals surface area contributed by atoms with Crippen molar-refractivity contribution >= 4 is 29.8 Å². The molecule has 0 spiro atoms. The fraction of sp³-hybridized carbons (Fsp3) is 0.778. The molecule has 1 aromatic heterocycles. The summed E-state index contributed by atoms with van der Waals surface area (Å²) in [6.45, 7) is 4.83. The third-order valence-electron chi connectivity index (χ3n) is 6.25. The van der Waals surface area contributed by atoms with Crippen LogP contribution < -0.4 is 5.32 Å². The Labute approximate surface area is 150 Å². The summed E-state index contributed by atoms with van der Waals surface area (Å²) in [4.78, 5) is 8.78. The molecule has 3 nitrogen and oxygen atoms in total. The highest BCUT2D eigenvalue weighted by Crippen LogP contribution is 2.45. The first-order valence-corrected chi connectivity index (χ1v) is 13.2. The van der Waals surface area contributed by atoms with Crippen LogP contribution in [0, 0.1) is 0 Å². The molecule has 0 aromatic carbocycles. The van der Waals surface area contributed by atoms with Gasteiger partial charge in [-0.25, -0.2) is 9.97 Å². The number of nitrogens with one attached hydrogen (secondary N) is 1. The molecule has 3 rings (SSSR count). The third kappa shape index (κ3) is 3.98. The molecule has 0 bridgehead atoms. The molecule has 0 radical (unpaired) electrons. The van der Waals surface area contributed by atoms with E-state index in [4.69, 9.17) is 0 Å². The maximum absolute atomic E-state index is 4.44. The largest absolute Gasteiger partial charge is 0.366 e. The predicted octanol–water partition coefficient (Wildman–Crippen LogP) is 5.79. The molecular formula is C18H30BrN3Si. The summed E-state index contributed by atoms with van der Waals surface area (Å²) >= 11 is 3.67. The van der Waals surface area contributed by atoms with Gasteiger partial charge in [-0.05, 0) is 40.7 Å². The van der Waals surface area contributed by atoms with Gasteiger partial charge in [0.1, 0.15) is 12.1 Å². The number of aromatic nitrogens is 2. The zero-order chi connectivity index (χ0) is 16.3. The first-order chi connectivity index (χ1) is 11.1.